The summed E-state index contributed by atoms with van der Waals surface area (Å²) in [5, 5.41) is 0. The molecular weight excluding hydrogens is 438 g/mol. The van der Waals surface area contributed by atoms with Gasteiger partial charge in [-0.3, -0.25) is 4.21 Å². The number of fused-ring (bicyclic) bond motifs is 1. The van der Waals surface area contributed by atoms with Crippen molar-refractivity contribution in [2.45, 2.75) is 36.3 Å². The number of sulfonamides is 1. The Balaban J connectivity index is 1.87. The van der Waals surface area contributed by atoms with Gasteiger partial charge in [0.25, 0.3) is 0 Å². The van der Waals surface area contributed by atoms with Crippen molar-refractivity contribution in [3.8, 4) is 0 Å². The molecule has 0 N–H and O–H groups in total. The summed E-state index contributed by atoms with van der Waals surface area (Å²) in [5.41, 5.74) is 1.66. The summed E-state index contributed by atoms with van der Waals surface area (Å²) in [6, 6.07) is 11.2. The zero-order valence-electron chi connectivity index (χ0n) is 17.9. The fourth-order valence-corrected chi connectivity index (χ4v) is 4.55. The Morgan fingerprint density at radius 1 is 1.16 bits per heavy atom. The summed E-state index contributed by atoms with van der Waals surface area (Å²) in [4.78, 5) is 17.7. The third-order valence-electron chi connectivity index (χ3n) is 4.78. The first-order chi connectivity index (χ1) is 14.6. The van der Waals surface area contributed by atoms with Gasteiger partial charge in [-0.2, -0.15) is 0 Å². The first-order valence-electron chi connectivity index (χ1n) is 9.67. The maximum Gasteiger partial charge on any atom is 0.338 e. The molecule has 0 saturated carbocycles. The third kappa shape index (κ3) is 4.86. The Morgan fingerprint density at radius 2 is 1.84 bits per heavy atom. The molecule has 0 aliphatic carbocycles. The number of carbonyl (C=O) groups is 1. The Labute approximate surface area is 184 Å². The van der Waals surface area contributed by atoms with Crippen LogP contribution in [0.2, 0.25) is 0 Å². The fraction of sp³-hybridized carbons (Fsp3) is 0.333. The van der Waals surface area contributed by atoms with Gasteiger partial charge >= 0.3 is 5.97 Å². The van der Waals surface area contributed by atoms with E-state index in [1.165, 1.54) is 20.2 Å². The summed E-state index contributed by atoms with van der Waals surface area (Å²) in [6.07, 6.45) is 2.40. The second kappa shape index (κ2) is 9.29. The molecule has 1 aromatic heterocycles. The van der Waals surface area contributed by atoms with Gasteiger partial charge in [-0.1, -0.05) is 6.92 Å². The van der Waals surface area contributed by atoms with Gasteiger partial charge in [-0.15, -0.1) is 0 Å². The van der Waals surface area contributed by atoms with Crippen LogP contribution in [0.25, 0.3) is 11.0 Å². The summed E-state index contributed by atoms with van der Waals surface area (Å²) >= 11 is 0. The lowest BCUT2D eigenvalue weighted by atomic mass is 10.2. The quantitative estimate of drug-likeness (QED) is 0.477. The Hall–Kier alpha value is -2.56. The minimum absolute atomic E-state index is 0.0509. The van der Waals surface area contributed by atoms with Crippen LogP contribution in [0.3, 0.4) is 0 Å². The van der Waals surface area contributed by atoms with Crippen LogP contribution in [0.4, 0.5) is 0 Å². The maximum absolute atomic E-state index is 12.4. The molecular formula is C21H25N3O5S2. The van der Waals surface area contributed by atoms with Crippen LogP contribution < -0.4 is 0 Å². The molecule has 3 rings (SSSR count). The fourth-order valence-electron chi connectivity index (χ4n) is 3.11. The molecule has 8 nitrogen and oxygen atoms in total. The normalized spacial score (nSPS) is 12.9. The van der Waals surface area contributed by atoms with Gasteiger partial charge < -0.3 is 9.30 Å². The van der Waals surface area contributed by atoms with E-state index in [2.05, 4.69) is 4.98 Å². The number of nitrogens with zero attached hydrogens (tertiary/aromatic N) is 3. The van der Waals surface area contributed by atoms with Gasteiger partial charge in [0.05, 0.1) is 21.5 Å². The van der Waals surface area contributed by atoms with Gasteiger partial charge in [-0.25, -0.2) is 22.5 Å². The number of ether oxygens (including phenoxy) is 1. The van der Waals surface area contributed by atoms with E-state index in [-0.39, 0.29) is 11.5 Å². The molecule has 0 fully saturated rings. The molecule has 0 saturated heterocycles. The summed E-state index contributed by atoms with van der Waals surface area (Å²) in [6.45, 7) is 2.62. The van der Waals surface area contributed by atoms with Gasteiger partial charge in [0, 0.05) is 42.6 Å². The second-order valence-corrected chi connectivity index (χ2v) is 10.7. The standard InChI is InChI=1S/C21H25N3O5S2/c1-5-12-24-19-11-10-17(31(27,28)23(2)3)13-18(19)22-20(24)14-29-21(25)15-6-8-16(9-7-15)30(4)26/h6-11,13H,5,12,14H2,1-4H3. The van der Waals surface area contributed by atoms with Crippen molar-refractivity contribution in [3.63, 3.8) is 0 Å². The Kier molecular flexibility index (Phi) is 6.93. The number of rotatable bonds is 8. The zero-order valence-corrected chi connectivity index (χ0v) is 19.5. The van der Waals surface area contributed by atoms with Crippen LogP contribution in [0.5, 0.6) is 0 Å². The number of aryl methyl sites for hydroxylation is 1. The third-order valence-corrected chi connectivity index (χ3v) is 7.53. The molecule has 10 heteroatoms. The maximum atomic E-state index is 12.4. The van der Waals surface area contributed by atoms with Crippen LogP contribution in [-0.2, 0) is 38.7 Å². The highest BCUT2D eigenvalue weighted by Gasteiger charge is 2.20. The van der Waals surface area contributed by atoms with Crippen molar-refractivity contribution in [2.24, 2.45) is 0 Å². The van der Waals surface area contributed by atoms with E-state index in [9.17, 15) is 17.4 Å². The molecule has 0 radical (unpaired) electrons. The number of imidazole rings is 1. The highest BCUT2D eigenvalue weighted by atomic mass is 32.2. The number of hydrogen-bond acceptors (Lipinski definition) is 6. The predicted molar refractivity (Wildman–Crippen MR) is 119 cm³/mol. The van der Waals surface area contributed by atoms with E-state index in [4.69, 9.17) is 4.74 Å². The van der Waals surface area contributed by atoms with E-state index < -0.39 is 26.8 Å². The van der Waals surface area contributed by atoms with Gasteiger partial charge in [-0.05, 0) is 48.9 Å². The van der Waals surface area contributed by atoms with E-state index in [0.29, 0.717) is 28.3 Å². The van der Waals surface area contributed by atoms with E-state index in [1.807, 2.05) is 11.5 Å². The van der Waals surface area contributed by atoms with Gasteiger partial charge in [0.2, 0.25) is 10.0 Å². The molecule has 0 aliphatic rings. The smallest absolute Gasteiger partial charge is 0.338 e. The highest BCUT2D eigenvalue weighted by Crippen LogP contribution is 2.23. The van der Waals surface area contributed by atoms with Crippen LogP contribution in [0, 0.1) is 0 Å². The molecule has 31 heavy (non-hydrogen) atoms. The first kappa shape index (κ1) is 23.1. The molecule has 166 valence electrons. The van der Waals surface area contributed by atoms with Crippen molar-refractivity contribution < 1.29 is 22.2 Å². The van der Waals surface area contributed by atoms with Gasteiger partial charge in [0.15, 0.2) is 0 Å². The Bertz CT molecular complexity index is 1230. The molecule has 0 aliphatic heterocycles. The zero-order chi connectivity index (χ0) is 22.8. The molecule has 3 aromatic rings. The first-order valence-corrected chi connectivity index (χ1v) is 12.7. The number of hydrogen-bond donors (Lipinski definition) is 0. The van der Waals surface area contributed by atoms with E-state index in [0.717, 1.165) is 16.2 Å². The highest BCUT2D eigenvalue weighted by molar-refractivity contribution is 7.89. The average molecular weight is 464 g/mol. The summed E-state index contributed by atoms with van der Waals surface area (Å²) in [7, 11) is -1.75. The largest absolute Gasteiger partial charge is 0.454 e. The number of aromatic nitrogens is 2. The molecule has 0 spiro atoms. The lowest BCUT2D eigenvalue weighted by Gasteiger charge is -2.11. The molecule has 0 bridgehead atoms. The molecule has 1 heterocycles. The van der Waals surface area contributed by atoms with Crippen LogP contribution in [-0.4, -0.2) is 52.8 Å². The van der Waals surface area contributed by atoms with Crippen molar-refractivity contribution in [1.29, 1.82) is 0 Å². The number of esters is 1. The van der Waals surface area contributed by atoms with E-state index in [1.54, 1.807) is 42.7 Å². The van der Waals surface area contributed by atoms with Crippen LogP contribution >= 0.6 is 0 Å². The van der Waals surface area contributed by atoms with E-state index >= 15 is 0 Å². The van der Waals surface area contributed by atoms with Crippen LogP contribution in [0.15, 0.2) is 52.3 Å². The van der Waals surface area contributed by atoms with Crippen molar-refractivity contribution in [2.75, 3.05) is 20.4 Å². The monoisotopic (exact) mass is 463 g/mol. The summed E-state index contributed by atoms with van der Waals surface area (Å²) in [5.74, 6) is 0.0234. The van der Waals surface area contributed by atoms with Crippen molar-refractivity contribution in [3.05, 3.63) is 53.9 Å². The molecule has 1 atom stereocenters. The van der Waals surface area contributed by atoms with Crippen molar-refractivity contribution in [1.82, 2.24) is 13.9 Å². The van der Waals surface area contributed by atoms with Crippen LogP contribution in [0.1, 0.15) is 29.5 Å². The summed E-state index contributed by atoms with van der Waals surface area (Å²) < 4.78 is 44.9. The predicted octanol–water partition coefficient (Wildman–Crippen LogP) is 2.79. The topological polar surface area (TPSA) is 98.6 Å². The minimum Gasteiger partial charge on any atom is -0.454 e. The average Bonchev–Trinajstić information content (AvgIpc) is 3.09. The molecule has 0 amide bonds. The molecule has 1 unspecified atom stereocenters. The lowest BCUT2D eigenvalue weighted by Crippen LogP contribution is -2.22. The SMILES string of the molecule is CCCn1c(COC(=O)c2ccc(S(C)=O)cc2)nc2cc(S(=O)(=O)N(C)C)ccc21. The minimum atomic E-state index is -3.58. The number of carbonyl (C=O) groups excluding carboxylic acids is 1. The lowest BCUT2D eigenvalue weighted by molar-refractivity contribution is 0.0458. The number of benzene rings is 2. The second-order valence-electron chi connectivity index (χ2n) is 7.17. The van der Waals surface area contributed by atoms with Crippen molar-refractivity contribution >= 4 is 37.8 Å². The Morgan fingerprint density at radius 3 is 2.42 bits per heavy atom. The molecule has 2 aromatic carbocycles. The van der Waals surface area contributed by atoms with Gasteiger partial charge in [0.1, 0.15) is 12.4 Å².